The third kappa shape index (κ3) is 2.97. The molecule has 0 aromatic carbocycles. The third-order valence-corrected chi connectivity index (χ3v) is 4.48. The van der Waals surface area contributed by atoms with Crippen molar-refractivity contribution in [1.82, 2.24) is 10.2 Å². The van der Waals surface area contributed by atoms with Crippen molar-refractivity contribution < 1.29 is 14.3 Å². The summed E-state index contributed by atoms with van der Waals surface area (Å²) >= 11 is 0. The van der Waals surface area contributed by atoms with Crippen LogP contribution in [0.5, 0.6) is 0 Å². The van der Waals surface area contributed by atoms with E-state index < -0.39 is 5.54 Å². The lowest BCUT2D eigenvalue weighted by molar-refractivity contribution is -0.129. The van der Waals surface area contributed by atoms with Crippen molar-refractivity contribution >= 4 is 11.9 Å². The number of amides is 3. The summed E-state index contributed by atoms with van der Waals surface area (Å²) in [7, 11) is 0. The number of rotatable bonds is 6. The predicted octanol–water partition coefficient (Wildman–Crippen LogP) is 2.30. The van der Waals surface area contributed by atoms with Gasteiger partial charge in [0, 0.05) is 13.2 Å². The Morgan fingerprint density at radius 2 is 2.20 bits per heavy atom. The molecule has 2 fully saturated rings. The summed E-state index contributed by atoms with van der Waals surface area (Å²) in [5, 5.41) is 2.49. The van der Waals surface area contributed by atoms with Crippen molar-refractivity contribution in [1.29, 1.82) is 0 Å². The largest absolute Gasteiger partial charge is 0.380 e. The van der Waals surface area contributed by atoms with Gasteiger partial charge in [-0.05, 0) is 25.2 Å². The standard InChI is InChI=1S/C15H26N2O3/c1-3-4-9-20-10-8-17-14(19)16-13(18)15(17)7-5-6-12(2)11-15/h12H,3-11H2,1-2H3,(H,16,18,19). The van der Waals surface area contributed by atoms with Crippen molar-refractivity contribution in [3.8, 4) is 0 Å². The van der Waals surface area contributed by atoms with E-state index in [-0.39, 0.29) is 11.9 Å². The van der Waals surface area contributed by atoms with Crippen molar-refractivity contribution in [2.75, 3.05) is 19.8 Å². The predicted molar refractivity (Wildman–Crippen MR) is 76.3 cm³/mol. The lowest BCUT2D eigenvalue weighted by Gasteiger charge is -2.40. The minimum atomic E-state index is -0.608. The lowest BCUT2D eigenvalue weighted by atomic mass is 9.75. The Morgan fingerprint density at radius 1 is 1.40 bits per heavy atom. The molecule has 1 spiro atoms. The van der Waals surface area contributed by atoms with E-state index in [2.05, 4.69) is 19.2 Å². The number of hydrogen-bond acceptors (Lipinski definition) is 3. The number of urea groups is 1. The smallest absolute Gasteiger partial charge is 0.325 e. The molecule has 0 bridgehead atoms. The summed E-state index contributed by atoms with van der Waals surface area (Å²) in [6.45, 7) is 6.02. The Morgan fingerprint density at radius 3 is 2.90 bits per heavy atom. The molecular weight excluding hydrogens is 256 g/mol. The number of imide groups is 1. The number of carbonyl (C=O) groups is 2. The van der Waals surface area contributed by atoms with Gasteiger partial charge in [-0.15, -0.1) is 0 Å². The van der Waals surface area contributed by atoms with E-state index in [0.717, 1.165) is 45.1 Å². The van der Waals surface area contributed by atoms with E-state index in [1.807, 2.05) is 0 Å². The Balaban J connectivity index is 1.97. The molecule has 2 rings (SSSR count). The van der Waals surface area contributed by atoms with Crippen LogP contribution in [0, 0.1) is 5.92 Å². The number of ether oxygens (including phenoxy) is 1. The molecule has 5 heteroatoms. The van der Waals surface area contributed by atoms with Crippen molar-refractivity contribution in [3.63, 3.8) is 0 Å². The summed E-state index contributed by atoms with van der Waals surface area (Å²) in [6, 6.07) is -0.247. The van der Waals surface area contributed by atoms with Crippen molar-refractivity contribution in [2.24, 2.45) is 5.92 Å². The minimum absolute atomic E-state index is 0.109. The highest BCUT2D eigenvalue weighted by molar-refractivity contribution is 6.07. The molecule has 1 aliphatic carbocycles. The van der Waals surface area contributed by atoms with E-state index in [1.54, 1.807) is 4.90 Å². The number of unbranched alkanes of at least 4 members (excludes halogenated alkanes) is 1. The van der Waals surface area contributed by atoms with E-state index in [9.17, 15) is 9.59 Å². The zero-order chi connectivity index (χ0) is 14.6. The first-order chi connectivity index (χ1) is 9.60. The zero-order valence-corrected chi connectivity index (χ0v) is 12.6. The van der Waals surface area contributed by atoms with E-state index in [0.29, 0.717) is 19.1 Å². The molecule has 1 heterocycles. The summed E-state index contributed by atoms with van der Waals surface area (Å²) < 4.78 is 5.55. The van der Waals surface area contributed by atoms with Gasteiger partial charge in [0.1, 0.15) is 5.54 Å². The summed E-state index contributed by atoms with van der Waals surface area (Å²) in [5.41, 5.74) is -0.608. The highest BCUT2D eigenvalue weighted by Crippen LogP contribution is 2.39. The van der Waals surface area contributed by atoms with Gasteiger partial charge in [-0.1, -0.05) is 33.1 Å². The number of carbonyl (C=O) groups excluding carboxylic acids is 2. The van der Waals surface area contributed by atoms with Gasteiger partial charge in [-0.3, -0.25) is 10.1 Å². The van der Waals surface area contributed by atoms with Crippen molar-refractivity contribution in [3.05, 3.63) is 0 Å². The van der Waals surface area contributed by atoms with Gasteiger partial charge in [0.05, 0.1) is 6.61 Å². The molecular formula is C15H26N2O3. The number of nitrogens with one attached hydrogen (secondary N) is 1. The lowest BCUT2D eigenvalue weighted by Crippen LogP contribution is -2.53. The molecule has 0 aromatic rings. The van der Waals surface area contributed by atoms with Crippen LogP contribution >= 0.6 is 0 Å². The number of nitrogens with zero attached hydrogens (tertiary/aromatic N) is 1. The highest BCUT2D eigenvalue weighted by atomic mass is 16.5. The molecule has 1 N–H and O–H groups in total. The van der Waals surface area contributed by atoms with Crippen LogP contribution in [0.4, 0.5) is 4.79 Å². The molecule has 1 saturated carbocycles. The maximum Gasteiger partial charge on any atom is 0.325 e. The number of hydrogen-bond donors (Lipinski definition) is 1. The average molecular weight is 282 g/mol. The summed E-state index contributed by atoms with van der Waals surface area (Å²) in [5.74, 6) is 0.381. The van der Waals surface area contributed by atoms with Gasteiger partial charge in [-0.25, -0.2) is 4.79 Å². The van der Waals surface area contributed by atoms with Gasteiger partial charge in [0.25, 0.3) is 5.91 Å². The van der Waals surface area contributed by atoms with E-state index in [1.165, 1.54) is 0 Å². The molecule has 2 aliphatic rings. The average Bonchev–Trinajstić information content (AvgIpc) is 2.62. The molecule has 1 aliphatic heterocycles. The van der Waals surface area contributed by atoms with Gasteiger partial charge in [0.2, 0.25) is 0 Å². The van der Waals surface area contributed by atoms with Crippen LogP contribution < -0.4 is 5.32 Å². The van der Waals surface area contributed by atoms with Gasteiger partial charge in [0.15, 0.2) is 0 Å². The van der Waals surface area contributed by atoms with Crippen molar-refractivity contribution in [2.45, 2.75) is 57.9 Å². The van der Waals surface area contributed by atoms with Gasteiger partial charge >= 0.3 is 6.03 Å². The minimum Gasteiger partial charge on any atom is -0.380 e. The fourth-order valence-electron chi connectivity index (χ4n) is 3.39. The first kappa shape index (κ1) is 15.3. The fraction of sp³-hybridized carbons (Fsp3) is 0.867. The van der Waals surface area contributed by atoms with Crippen LogP contribution in [0.3, 0.4) is 0 Å². The second kappa shape index (κ2) is 6.57. The highest BCUT2D eigenvalue weighted by Gasteiger charge is 2.53. The monoisotopic (exact) mass is 282 g/mol. The topological polar surface area (TPSA) is 58.6 Å². The first-order valence-corrected chi connectivity index (χ1v) is 7.81. The van der Waals surface area contributed by atoms with Crippen LogP contribution in [0.15, 0.2) is 0 Å². The normalized spacial score (nSPS) is 30.1. The summed E-state index contributed by atoms with van der Waals surface area (Å²) in [4.78, 5) is 26.0. The van der Waals surface area contributed by atoms with Crippen LogP contribution in [-0.4, -0.2) is 42.1 Å². The molecule has 2 atom stereocenters. The molecule has 114 valence electrons. The fourth-order valence-corrected chi connectivity index (χ4v) is 3.39. The van der Waals surface area contributed by atoms with Crippen LogP contribution in [0.25, 0.3) is 0 Å². The Labute approximate surface area is 121 Å². The Hall–Kier alpha value is -1.10. The maximum absolute atomic E-state index is 12.2. The Kier molecular flexibility index (Phi) is 5.02. The first-order valence-electron chi connectivity index (χ1n) is 7.81. The SMILES string of the molecule is CCCCOCCN1C(=O)NC(=O)C12CCCC(C)C2. The molecule has 20 heavy (non-hydrogen) atoms. The summed E-state index contributed by atoms with van der Waals surface area (Å²) in [6.07, 6.45) is 5.85. The second-order valence-corrected chi connectivity index (χ2v) is 6.11. The van der Waals surface area contributed by atoms with Crippen LogP contribution in [0.1, 0.15) is 52.4 Å². The van der Waals surface area contributed by atoms with Gasteiger partial charge in [-0.2, -0.15) is 0 Å². The molecule has 3 amide bonds. The Bertz CT molecular complexity index is 372. The maximum atomic E-state index is 12.2. The molecule has 1 saturated heterocycles. The third-order valence-electron chi connectivity index (χ3n) is 4.48. The quantitative estimate of drug-likeness (QED) is 0.601. The zero-order valence-electron chi connectivity index (χ0n) is 12.6. The van der Waals surface area contributed by atoms with Crippen LogP contribution in [0.2, 0.25) is 0 Å². The molecule has 2 unspecified atom stereocenters. The molecule has 5 nitrogen and oxygen atoms in total. The van der Waals surface area contributed by atoms with Gasteiger partial charge < -0.3 is 9.64 Å². The van der Waals surface area contributed by atoms with E-state index >= 15 is 0 Å². The molecule has 0 aromatic heterocycles. The van der Waals surface area contributed by atoms with Crippen LogP contribution in [-0.2, 0) is 9.53 Å². The second-order valence-electron chi connectivity index (χ2n) is 6.11. The molecule has 0 radical (unpaired) electrons. The van der Waals surface area contributed by atoms with E-state index in [4.69, 9.17) is 4.74 Å².